The molecule has 0 bridgehead atoms. The Morgan fingerprint density at radius 3 is 1.23 bits per heavy atom. The third-order valence-corrected chi connectivity index (χ3v) is 51.1. The van der Waals surface area contributed by atoms with Crippen LogP contribution in [0.5, 0.6) is 0 Å². The summed E-state index contributed by atoms with van der Waals surface area (Å²) >= 11 is 21.1. The van der Waals surface area contributed by atoms with Gasteiger partial charge in [-0.05, 0) is 0 Å². The zero-order chi connectivity index (χ0) is 19.1. The van der Waals surface area contributed by atoms with Gasteiger partial charge < -0.3 is 0 Å². The minimum atomic E-state index is -3.64. The van der Waals surface area contributed by atoms with Gasteiger partial charge in [0, 0.05) is 0 Å². The average molecular weight is 942 g/mol. The Balaban J connectivity index is 1.73. The molecule has 3 aliphatic rings. The van der Waals surface area contributed by atoms with Crippen LogP contribution in [0.2, 0.25) is 12.5 Å². The molecule has 3 atom stereocenters. The van der Waals surface area contributed by atoms with Crippen LogP contribution in [0.1, 0.15) is 0 Å². The molecular formula is C12H12Br3Cl3In3O4P. The van der Waals surface area contributed by atoms with Crippen molar-refractivity contribution in [2.75, 3.05) is 0 Å². The number of allylic oxidation sites excluding steroid dienone is 6. The molecule has 0 spiro atoms. The van der Waals surface area contributed by atoms with Crippen molar-refractivity contribution < 1.29 is 12.5 Å². The first-order valence-electron chi connectivity index (χ1n) is 7.84. The van der Waals surface area contributed by atoms with Crippen LogP contribution in [0, 0.1) is 0 Å². The molecule has 0 fully saturated rings. The molecule has 0 saturated heterocycles. The molecular weight excluding hydrogens is 930 g/mol. The molecule has 0 aromatic carbocycles. The summed E-state index contributed by atoms with van der Waals surface area (Å²) in [5, 5.41) is 2.20. The average Bonchev–Trinajstić information content (AvgIpc) is 3.19. The predicted molar refractivity (Wildman–Crippen MR) is 122 cm³/mol. The van der Waals surface area contributed by atoms with Gasteiger partial charge in [0.15, 0.2) is 0 Å². The van der Waals surface area contributed by atoms with Crippen molar-refractivity contribution in [3.05, 3.63) is 33.3 Å². The molecule has 3 heterocycles. The summed E-state index contributed by atoms with van der Waals surface area (Å²) < 4.78 is 34.4. The molecule has 0 aromatic rings. The van der Waals surface area contributed by atoms with Crippen molar-refractivity contribution in [2.24, 2.45) is 0 Å². The summed E-state index contributed by atoms with van der Waals surface area (Å²) in [4.78, 5) is 0. The second-order valence-corrected chi connectivity index (χ2v) is 44.6. The quantitative estimate of drug-likeness (QED) is 0.228. The van der Waals surface area contributed by atoms with Gasteiger partial charge in [0.1, 0.15) is 0 Å². The van der Waals surface area contributed by atoms with E-state index in [0.29, 0.717) is 0 Å². The van der Waals surface area contributed by atoms with E-state index in [9.17, 15) is 4.57 Å². The van der Waals surface area contributed by atoms with E-state index in [1.807, 2.05) is 18.2 Å². The van der Waals surface area contributed by atoms with Crippen molar-refractivity contribution in [2.45, 2.75) is 20.3 Å². The molecule has 3 aliphatic heterocycles. The van der Waals surface area contributed by atoms with Gasteiger partial charge in [-0.1, -0.05) is 0 Å². The zero-order valence-electron chi connectivity index (χ0n) is 13.2. The molecule has 0 saturated carbocycles. The van der Waals surface area contributed by atoms with Gasteiger partial charge in [-0.3, -0.25) is 0 Å². The summed E-state index contributed by atoms with van der Waals surface area (Å²) in [5.74, 6) is 0. The van der Waals surface area contributed by atoms with Crippen molar-refractivity contribution in [3.63, 3.8) is 0 Å². The molecule has 4 nitrogen and oxygen atoms in total. The SMILES string of the molecule is O=P([O][In]1[CH2]C=C(Cl)[CH]1Br)([O][In]1[CH2]C=C(Cl)[CH]1Br)[O][In]1[CH2]C=C(Cl)[CH]1Br. The number of alkyl halides is 3. The Kier molecular flexibility index (Phi) is 10.4. The predicted octanol–water partition coefficient (Wildman–Crippen LogP) is 6.44. The van der Waals surface area contributed by atoms with Gasteiger partial charge in [-0.15, -0.1) is 0 Å². The Bertz CT molecular complexity index is 622. The number of hydrogen-bond donors (Lipinski definition) is 0. The first-order chi connectivity index (χ1) is 12.2. The van der Waals surface area contributed by atoms with Crippen LogP contribution in [0.4, 0.5) is 0 Å². The fourth-order valence-electron chi connectivity index (χ4n) is 2.78. The molecule has 26 heavy (non-hydrogen) atoms. The van der Waals surface area contributed by atoms with Gasteiger partial charge in [0.2, 0.25) is 0 Å². The molecule has 3 rings (SSSR count). The van der Waals surface area contributed by atoms with E-state index in [1.165, 1.54) is 0 Å². The van der Waals surface area contributed by atoms with E-state index in [-0.39, 0.29) is 7.75 Å². The Labute approximate surface area is 218 Å². The van der Waals surface area contributed by atoms with Crippen LogP contribution in [-0.4, -0.2) is 73.4 Å². The van der Waals surface area contributed by atoms with Crippen LogP contribution >= 0.6 is 90.4 Å². The van der Waals surface area contributed by atoms with E-state index >= 15 is 0 Å². The normalized spacial score (nSPS) is 31.2. The van der Waals surface area contributed by atoms with Crippen molar-refractivity contribution in [1.82, 2.24) is 0 Å². The topological polar surface area (TPSA) is 44.8 Å². The van der Waals surface area contributed by atoms with Gasteiger partial charge in [-0.25, -0.2) is 0 Å². The third-order valence-electron chi connectivity index (χ3n) is 4.20. The van der Waals surface area contributed by atoms with Crippen molar-refractivity contribution in [1.29, 1.82) is 0 Å². The Hall–Kier alpha value is 4.25. The van der Waals surface area contributed by atoms with Crippen LogP contribution in [-0.2, 0) is 12.5 Å². The monoisotopic (exact) mass is 937 g/mol. The van der Waals surface area contributed by atoms with Crippen LogP contribution in [0.15, 0.2) is 33.3 Å². The summed E-state index contributed by atoms with van der Waals surface area (Å²) in [6.07, 6.45) is 5.84. The summed E-state index contributed by atoms with van der Waals surface area (Å²) in [5.41, 5.74) is 0. The van der Waals surface area contributed by atoms with E-state index in [4.69, 9.17) is 42.7 Å². The summed E-state index contributed by atoms with van der Waals surface area (Å²) in [7, 11) is -3.64. The van der Waals surface area contributed by atoms with Crippen molar-refractivity contribution in [3.8, 4) is 0 Å². The molecule has 0 aliphatic carbocycles. The molecule has 0 N–H and O–H groups in total. The molecule has 3 unspecified atom stereocenters. The number of halogens is 6. The maximum atomic E-state index is 13.7. The van der Waals surface area contributed by atoms with Crippen LogP contribution < -0.4 is 0 Å². The van der Waals surface area contributed by atoms with Gasteiger partial charge in [-0.2, -0.15) is 0 Å². The van der Waals surface area contributed by atoms with Gasteiger partial charge in [0.05, 0.1) is 0 Å². The van der Waals surface area contributed by atoms with Crippen LogP contribution in [0.25, 0.3) is 0 Å². The second kappa shape index (κ2) is 10.9. The number of rotatable bonds is 6. The minimum absolute atomic E-state index is 0.00740. The maximum absolute atomic E-state index is 13.7. The molecule has 140 valence electrons. The van der Waals surface area contributed by atoms with E-state index in [1.54, 1.807) is 0 Å². The number of phosphoric acid groups is 1. The second-order valence-electron chi connectivity index (χ2n) is 6.06. The van der Waals surface area contributed by atoms with E-state index in [2.05, 4.69) is 47.8 Å². The first kappa shape index (κ1) is 24.9. The molecule has 0 aromatic heterocycles. The van der Waals surface area contributed by atoms with E-state index in [0.717, 1.165) is 27.6 Å². The Morgan fingerprint density at radius 1 is 0.769 bits per heavy atom. The first-order valence-corrected chi connectivity index (χ1v) is 29.9. The van der Waals surface area contributed by atoms with Gasteiger partial charge in [0.25, 0.3) is 0 Å². The molecule has 0 amide bonds. The zero-order valence-corrected chi connectivity index (χ0v) is 31.0. The standard InChI is InChI=1S/3C4H4BrCl.3In.H3O4P/c3*1-2-4(6)3-5;;;;1-5(2,3)4/h3*2-3H,1H2;;;;(H3,1,2,3,4)/q;;;3*+1;/p-3. The van der Waals surface area contributed by atoms with Gasteiger partial charge >= 0.3 is 222 Å². The molecule has 14 heteroatoms. The number of hydrogen-bond acceptors (Lipinski definition) is 4. The fraction of sp³-hybridized carbons (Fsp3) is 0.500. The summed E-state index contributed by atoms with van der Waals surface area (Å²) in [6, 6.07) is 0. The van der Waals surface area contributed by atoms with Crippen molar-refractivity contribution >= 4 is 156 Å². The third kappa shape index (κ3) is 6.18. The fourth-order valence-corrected chi connectivity index (χ4v) is 53.3. The van der Waals surface area contributed by atoms with Crippen LogP contribution in [0.3, 0.4) is 0 Å². The Morgan fingerprint density at radius 2 is 1.04 bits per heavy atom. The summed E-state index contributed by atoms with van der Waals surface area (Å²) in [6.45, 7) is 0. The van der Waals surface area contributed by atoms with E-state index < -0.39 is 73.4 Å². The molecule has 0 radical (unpaired) electrons.